The summed E-state index contributed by atoms with van der Waals surface area (Å²) in [5.74, 6) is 0.0117. The average molecular weight is 357 g/mol. The number of aryl methyl sites for hydroxylation is 1. The largest absolute Gasteiger partial charge is 0.394 e. The lowest BCUT2D eigenvalue weighted by Crippen LogP contribution is -2.42. The lowest BCUT2D eigenvalue weighted by molar-refractivity contribution is -0.134. The highest BCUT2D eigenvalue weighted by atomic mass is 32.1. The zero-order valence-corrected chi connectivity index (χ0v) is 15.4. The lowest BCUT2D eigenvalue weighted by Gasteiger charge is -2.29. The standard InChI is InChI=1S/C19H23N3O2S/c1-3-15(13-23)22(12-17-8-7-14(2)25-17)19(24)10-16-11-20-18-6-4-5-9-21(16)18/h4-9,11,15,23H,3,10,12-13H2,1-2H3/t15-/m1/s1. The molecule has 0 saturated carbocycles. The van der Waals surface area contributed by atoms with Gasteiger partial charge in [-0.2, -0.15) is 0 Å². The van der Waals surface area contributed by atoms with Crippen molar-refractivity contribution in [3.8, 4) is 0 Å². The summed E-state index contributed by atoms with van der Waals surface area (Å²) < 4.78 is 1.94. The smallest absolute Gasteiger partial charge is 0.229 e. The van der Waals surface area contributed by atoms with Crippen molar-refractivity contribution in [2.45, 2.75) is 39.3 Å². The molecule has 0 bridgehead atoms. The fraction of sp³-hybridized carbons (Fsp3) is 0.368. The van der Waals surface area contributed by atoms with E-state index in [4.69, 9.17) is 0 Å². The molecule has 132 valence electrons. The number of thiophene rings is 1. The fourth-order valence-corrected chi connectivity index (χ4v) is 3.87. The van der Waals surface area contributed by atoms with Gasteiger partial charge >= 0.3 is 0 Å². The minimum absolute atomic E-state index is 0.0117. The summed E-state index contributed by atoms with van der Waals surface area (Å²) in [6, 6.07) is 9.72. The van der Waals surface area contributed by atoms with Gasteiger partial charge in [0.15, 0.2) is 0 Å². The Labute approximate surface area is 151 Å². The maximum atomic E-state index is 13.0. The lowest BCUT2D eigenvalue weighted by atomic mass is 10.1. The Balaban J connectivity index is 1.82. The molecule has 0 aromatic carbocycles. The first-order chi connectivity index (χ1) is 12.1. The van der Waals surface area contributed by atoms with Gasteiger partial charge in [-0.1, -0.05) is 13.0 Å². The van der Waals surface area contributed by atoms with Crippen molar-refractivity contribution in [3.05, 3.63) is 58.2 Å². The van der Waals surface area contributed by atoms with E-state index in [-0.39, 0.29) is 25.0 Å². The van der Waals surface area contributed by atoms with Gasteiger partial charge in [-0.3, -0.25) is 4.79 Å². The van der Waals surface area contributed by atoms with Crippen LogP contribution in [0.15, 0.2) is 42.7 Å². The number of fused-ring (bicyclic) bond motifs is 1. The second kappa shape index (κ2) is 7.80. The molecule has 3 rings (SSSR count). The number of rotatable bonds is 7. The zero-order chi connectivity index (χ0) is 17.8. The highest BCUT2D eigenvalue weighted by Gasteiger charge is 2.23. The molecule has 0 spiro atoms. The summed E-state index contributed by atoms with van der Waals surface area (Å²) in [5, 5.41) is 9.72. The van der Waals surface area contributed by atoms with Gasteiger partial charge in [-0.05, 0) is 37.6 Å². The van der Waals surface area contributed by atoms with E-state index in [1.165, 1.54) is 4.88 Å². The molecule has 3 aromatic heterocycles. The molecule has 0 aliphatic carbocycles. The van der Waals surface area contributed by atoms with Crippen molar-refractivity contribution < 1.29 is 9.90 Å². The molecule has 0 saturated heterocycles. The van der Waals surface area contributed by atoms with Crippen molar-refractivity contribution in [1.29, 1.82) is 0 Å². The number of carbonyl (C=O) groups is 1. The van der Waals surface area contributed by atoms with Crippen molar-refractivity contribution in [2.24, 2.45) is 0 Å². The normalized spacial score (nSPS) is 12.4. The number of aromatic nitrogens is 2. The fourth-order valence-electron chi connectivity index (χ4n) is 2.98. The highest BCUT2D eigenvalue weighted by Crippen LogP contribution is 2.20. The third-order valence-corrected chi connectivity index (χ3v) is 5.38. The van der Waals surface area contributed by atoms with Crippen molar-refractivity contribution in [3.63, 3.8) is 0 Å². The van der Waals surface area contributed by atoms with Crippen LogP contribution in [0.4, 0.5) is 0 Å². The van der Waals surface area contributed by atoms with Crippen molar-refractivity contribution in [1.82, 2.24) is 14.3 Å². The molecule has 1 atom stereocenters. The van der Waals surface area contributed by atoms with Gasteiger partial charge < -0.3 is 14.4 Å². The third-order valence-electron chi connectivity index (χ3n) is 4.39. The molecule has 6 heteroatoms. The average Bonchev–Trinajstić information content (AvgIpc) is 3.21. The molecule has 3 heterocycles. The maximum Gasteiger partial charge on any atom is 0.229 e. The number of aliphatic hydroxyl groups is 1. The van der Waals surface area contributed by atoms with Crippen LogP contribution in [0, 0.1) is 6.92 Å². The molecule has 0 unspecified atom stereocenters. The molecule has 1 amide bonds. The van der Waals surface area contributed by atoms with Crippen LogP contribution in [0.25, 0.3) is 5.65 Å². The second-order valence-corrected chi connectivity index (χ2v) is 7.51. The van der Waals surface area contributed by atoms with E-state index in [0.717, 1.165) is 22.6 Å². The Morgan fingerprint density at radius 2 is 2.20 bits per heavy atom. The third kappa shape index (κ3) is 3.91. The molecular weight excluding hydrogens is 334 g/mol. The summed E-state index contributed by atoms with van der Waals surface area (Å²) >= 11 is 1.69. The van der Waals surface area contributed by atoms with E-state index in [2.05, 4.69) is 24.0 Å². The summed E-state index contributed by atoms with van der Waals surface area (Å²) in [6.07, 6.45) is 4.66. The molecule has 3 aromatic rings. The van der Waals surface area contributed by atoms with Gasteiger partial charge in [-0.25, -0.2) is 4.98 Å². The Hall–Kier alpha value is -2.18. The summed E-state index contributed by atoms with van der Waals surface area (Å²) in [4.78, 5) is 21.5. The monoisotopic (exact) mass is 357 g/mol. The van der Waals surface area contributed by atoms with E-state index >= 15 is 0 Å². The summed E-state index contributed by atoms with van der Waals surface area (Å²) in [5.41, 5.74) is 1.70. The van der Waals surface area contributed by atoms with Crippen molar-refractivity contribution in [2.75, 3.05) is 6.61 Å². The van der Waals surface area contributed by atoms with E-state index in [1.807, 2.05) is 35.7 Å². The maximum absolute atomic E-state index is 13.0. The van der Waals surface area contributed by atoms with Crippen molar-refractivity contribution >= 4 is 22.9 Å². The predicted molar refractivity (Wildman–Crippen MR) is 99.7 cm³/mol. The molecule has 0 aliphatic rings. The van der Waals surface area contributed by atoms with Gasteiger partial charge in [0.1, 0.15) is 5.65 Å². The predicted octanol–water partition coefficient (Wildman–Crippen LogP) is 3.05. The first-order valence-corrected chi connectivity index (χ1v) is 9.30. The Morgan fingerprint density at radius 3 is 2.88 bits per heavy atom. The van der Waals surface area contributed by atoms with Gasteiger partial charge in [0, 0.05) is 22.1 Å². The van der Waals surface area contributed by atoms with Crippen LogP contribution in [-0.4, -0.2) is 37.9 Å². The van der Waals surface area contributed by atoms with Crippen LogP contribution >= 0.6 is 11.3 Å². The van der Waals surface area contributed by atoms with Gasteiger partial charge in [0.25, 0.3) is 0 Å². The number of hydrogen-bond acceptors (Lipinski definition) is 4. The van der Waals surface area contributed by atoms with Crippen LogP contribution in [0.5, 0.6) is 0 Å². The van der Waals surface area contributed by atoms with Crippen LogP contribution in [0.2, 0.25) is 0 Å². The molecule has 0 fully saturated rings. The van der Waals surface area contributed by atoms with Gasteiger partial charge in [0.05, 0.1) is 31.3 Å². The number of nitrogens with zero attached hydrogens (tertiary/aromatic N) is 3. The van der Waals surface area contributed by atoms with Crippen LogP contribution in [0.3, 0.4) is 0 Å². The minimum Gasteiger partial charge on any atom is -0.394 e. The molecule has 0 aliphatic heterocycles. The number of hydrogen-bond donors (Lipinski definition) is 1. The second-order valence-electron chi connectivity index (χ2n) is 6.13. The number of amides is 1. The topological polar surface area (TPSA) is 57.8 Å². The van der Waals surface area contributed by atoms with Gasteiger partial charge in [-0.15, -0.1) is 11.3 Å². The number of pyridine rings is 1. The highest BCUT2D eigenvalue weighted by molar-refractivity contribution is 7.11. The first kappa shape index (κ1) is 17.6. The molecular formula is C19H23N3O2S. The minimum atomic E-state index is -0.172. The molecule has 0 radical (unpaired) electrons. The number of carbonyl (C=O) groups excluding carboxylic acids is 1. The molecule has 25 heavy (non-hydrogen) atoms. The SMILES string of the molecule is CC[C@H](CO)N(Cc1ccc(C)s1)C(=O)Cc1cnc2ccccn12. The van der Waals surface area contributed by atoms with E-state index in [0.29, 0.717) is 6.54 Å². The van der Waals surface area contributed by atoms with E-state index in [1.54, 1.807) is 22.4 Å². The van der Waals surface area contributed by atoms with Crippen LogP contribution < -0.4 is 0 Å². The summed E-state index contributed by atoms with van der Waals surface area (Å²) in [6.45, 7) is 4.56. The Morgan fingerprint density at radius 1 is 1.36 bits per heavy atom. The Bertz CT molecular complexity index is 851. The van der Waals surface area contributed by atoms with Gasteiger partial charge in [0.2, 0.25) is 5.91 Å². The van der Waals surface area contributed by atoms with E-state index in [9.17, 15) is 9.90 Å². The molecule has 5 nitrogen and oxygen atoms in total. The van der Waals surface area contributed by atoms with E-state index < -0.39 is 0 Å². The van der Waals surface area contributed by atoms with Crippen LogP contribution in [0.1, 0.15) is 28.8 Å². The summed E-state index contributed by atoms with van der Waals surface area (Å²) in [7, 11) is 0. The number of aliphatic hydroxyl groups excluding tert-OH is 1. The van der Waals surface area contributed by atoms with Crippen LogP contribution in [-0.2, 0) is 17.8 Å². The quantitative estimate of drug-likeness (QED) is 0.707. The number of imidazole rings is 1. The first-order valence-electron chi connectivity index (χ1n) is 8.49. The molecule has 1 N–H and O–H groups in total. The Kier molecular flexibility index (Phi) is 5.50. The zero-order valence-electron chi connectivity index (χ0n) is 14.6.